The number of sulfonamides is 1. The third kappa shape index (κ3) is 3.07. The zero-order chi connectivity index (χ0) is 17.3. The molecule has 0 saturated carbocycles. The summed E-state index contributed by atoms with van der Waals surface area (Å²) in [4.78, 5) is 11.1. The summed E-state index contributed by atoms with van der Waals surface area (Å²) in [6.45, 7) is 0. The summed E-state index contributed by atoms with van der Waals surface area (Å²) in [5.41, 5.74) is 2.67. The van der Waals surface area contributed by atoms with Crippen LogP contribution < -0.4 is 9.46 Å². The number of hydrogen-bond acceptors (Lipinski definition) is 4. The van der Waals surface area contributed by atoms with Crippen LogP contribution in [-0.4, -0.2) is 26.6 Å². The monoisotopic (exact) mass is 347 g/mol. The van der Waals surface area contributed by atoms with E-state index in [-0.39, 0.29) is 16.2 Å². The molecule has 6 nitrogen and oxygen atoms in total. The van der Waals surface area contributed by atoms with E-state index in [0.29, 0.717) is 5.69 Å². The van der Waals surface area contributed by atoms with Crippen molar-refractivity contribution in [3.05, 3.63) is 53.1 Å². The van der Waals surface area contributed by atoms with Gasteiger partial charge in [-0.25, -0.2) is 13.2 Å². The second-order valence-corrected chi connectivity index (χ2v) is 7.29. The molecule has 1 aliphatic carbocycles. The average Bonchev–Trinajstić information content (AvgIpc) is 3.01. The molecule has 0 atom stereocenters. The van der Waals surface area contributed by atoms with Gasteiger partial charge in [-0.2, -0.15) is 0 Å². The Morgan fingerprint density at radius 3 is 2.58 bits per heavy atom. The van der Waals surface area contributed by atoms with E-state index in [1.54, 1.807) is 6.07 Å². The zero-order valence-corrected chi connectivity index (χ0v) is 13.9. The molecule has 1 aliphatic rings. The van der Waals surface area contributed by atoms with Gasteiger partial charge in [-0.1, -0.05) is 6.07 Å². The Kier molecular flexibility index (Phi) is 4.19. The molecule has 0 fully saturated rings. The molecule has 0 aliphatic heterocycles. The number of aromatic carboxylic acids is 1. The summed E-state index contributed by atoms with van der Waals surface area (Å²) in [6.07, 6.45) is 3.03. The molecule has 0 spiro atoms. The summed E-state index contributed by atoms with van der Waals surface area (Å²) >= 11 is 0. The van der Waals surface area contributed by atoms with Gasteiger partial charge in [0, 0.05) is 5.69 Å². The molecule has 3 rings (SSSR count). The number of carbonyl (C=O) groups is 1. The minimum absolute atomic E-state index is 0.110. The van der Waals surface area contributed by atoms with Gasteiger partial charge in [0.05, 0.1) is 12.0 Å². The van der Waals surface area contributed by atoms with Crippen LogP contribution in [0.3, 0.4) is 0 Å². The number of aryl methyl sites for hydroxylation is 2. The second kappa shape index (κ2) is 6.16. The van der Waals surface area contributed by atoms with E-state index in [1.165, 1.54) is 24.8 Å². The SMILES string of the molecule is COc1ccc(S(=O)(=O)Nc2ccc3c(c2)CCC3)cc1C(=O)O. The fraction of sp³-hybridized carbons (Fsp3) is 0.235. The second-order valence-electron chi connectivity index (χ2n) is 5.61. The third-order valence-electron chi connectivity index (χ3n) is 4.06. The lowest BCUT2D eigenvalue weighted by atomic mass is 10.1. The highest BCUT2D eigenvalue weighted by Crippen LogP contribution is 2.27. The average molecular weight is 347 g/mol. The Balaban J connectivity index is 1.93. The van der Waals surface area contributed by atoms with Crippen LogP contribution in [0.15, 0.2) is 41.3 Å². The quantitative estimate of drug-likeness (QED) is 0.867. The van der Waals surface area contributed by atoms with E-state index < -0.39 is 16.0 Å². The lowest BCUT2D eigenvalue weighted by Crippen LogP contribution is -2.14. The first-order valence-electron chi connectivity index (χ1n) is 7.46. The van der Waals surface area contributed by atoms with Crippen molar-refractivity contribution in [3.8, 4) is 5.75 Å². The van der Waals surface area contributed by atoms with E-state index in [0.717, 1.165) is 30.9 Å². The fourth-order valence-electron chi connectivity index (χ4n) is 2.87. The maximum absolute atomic E-state index is 12.5. The van der Waals surface area contributed by atoms with Crippen LogP contribution >= 0.6 is 0 Å². The number of rotatable bonds is 5. The summed E-state index contributed by atoms with van der Waals surface area (Å²) in [6, 6.07) is 9.24. The normalized spacial score (nSPS) is 13.4. The largest absolute Gasteiger partial charge is 0.496 e. The fourth-order valence-corrected chi connectivity index (χ4v) is 3.95. The van der Waals surface area contributed by atoms with E-state index in [9.17, 15) is 18.3 Å². The van der Waals surface area contributed by atoms with Gasteiger partial charge in [0.15, 0.2) is 0 Å². The van der Waals surface area contributed by atoms with Gasteiger partial charge in [-0.05, 0) is 60.7 Å². The van der Waals surface area contributed by atoms with Crippen molar-refractivity contribution in [1.82, 2.24) is 0 Å². The number of benzene rings is 2. The first kappa shape index (κ1) is 16.3. The van der Waals surface area contributed by atoms with Gasteiger partial charge < -0.3 is 9.84 Å². The van der Waals surface area contributed by atoms with E-state index in [4.69, 9.17) is 4.74 Å². The summed E-state index contributed by atoms with van der Waals surface area (Å²) in [5, 5.41) is 9.19. The first-order valence-corrected chi connectivity index (χ1v) is 8.95. The lowest BCUT2D eigenvalue weighted by molar-refractivity contribution is 0.0693. The van der Waals surface area contributed by atoms with Crippen molar-refractivity contribution >= 4 is 21.7 Å². The lowest BCUT2D eigenvalue weighted by Gasteiger charge is -2.11. The predicted octanol–water partition coefficient (Wildman–Crippen LogP) is 2.68. The first-order chi connectivity index (χ1) is 11.4. The maximum atomic E-state index is 12.5. The van der Waals surface area contributed by atoms with Gasteiger partial charge in [0.2, 0.25) is 0 Å². The molecule has 24 heavy (non-hydrogen) atoms. The van der Waals surface area contributed by atoms with Crippen LogP contribution in [0.25, 0.3) is 0 Å². The molecule has 0 bridgehead atoms. The predicted molar refractivity (Wildman–Crippen MR) is 89.2 cm³/mol. The molecular weight excluding hydrogens is 330 g/mol. The molecule has 2 aromatic rings. The number of carboxylic acid groups (broad SMARTS) is 1. The molecule has 2 aromatic carbocycles. The zero-order valence-electron chi connectivity index (χ0n) is 13.1. The van der Waals surface area contributed by atoms with E-state index in [1.807, 2.05) is 12.1 Å². The number of ether oxygens (including phenoxy) is 1. The Labute approximate surface area is 140 Å². The van der Waals surface area contributed by atoms with Gasteiger partial charge >= 0.3 is 5.97 Å². The van der Waals surface area contributed by atoms with E-state index >= 15 is 0 Å². The number of methoxy groups -OCH3 is 1. The molecule has 0 heterocycles. The van der Waals surface area contributed by atoms with Crippen molar-refractivity contribution in [2.45, 2.75) is 24.2 Å². The standard InChI is InChI=1S/C17H17NO5S/c1-23-16-8-7-14(10-15(16)17(19)20)24(21,22)18-13-6-5-11-3-2-4-12(11)9-13/h5-10,18H,2-4H2,1H3,(H,19,20). The van der Waals surface area contributed by atoms with Gasteiger partial charge in [0.1, 0.15) is 11.3 Å². The van der Waals surface area contributed by atoms with Crippen LogP contribution in [0, 0.1) is 0 Å². The van der Waals surface area contributed by atoms with E-state index in [2.05, 4.69) is 4.72 Å². The van der Waals surface area contributed by atoms with Crippen LogP contribution in [0.5, 0.6) is 5.75 Å². The number of carboxylic acids is 1. The Morgan fingerprint density at radius 1 is 1.12 bits per heavy atom. The summed E-state index contributed by atoms with van der Waals surface area (Å²) in [7, 11) is -2.55. The smallest absolute Gasteiger partial charge is 0.339 e. The van der Waals surface area contributed by atoms with Crippen LogP contribution in [0.4, 0.5) is 5.69 Å². The highest BCUT2D eigenvalue weighted by molar-refractivity contribution is 7.92. The summed E-state index contributed by atoms with van der Waals surface area (Å²) < 4.78 is 32.5. The Morgan fingerprint density at radius 2 is 1.88 bits per heavy atom. The molecule has 7 heteroatoms. The number of nitrogens with one attached hydrogen (secondary N) is 1. The Hall–Kier alpha value is -2.54. The number of hydrogen-bond donors (Lipinski definition) is 2. The highest BCUT2D eigenvalue weighted by Gasteiger charge is 2.20. The molecule has 0 radical (unpaired) electrons. The maximum Gasteiger partial charge on any atom is 0.339 e. The molecular formula is C17H17NO5S. The molecule has 2 N–H and O–H groups in total. The number of fused-ring (bicyclic) bond motifs is 1. The van der Waals surface area contributed by atoms with Crippen LogP contribution in [0.2, 0.25) is 0 Å². The van der Waals surface area contributed by atoms with Crippen molar-refractivity contribution in [2.24, 2.45) is 0 Å². The van der Waals surface area contributed by atoms with Crippen molar-refractivity contribution < 1.29 is 23.1 Å². The molecule has 0 saturated heterocycles. The third-order valence-corrected chi connectivity index (χ3v) is 5.44. The molecule has 0 aromatic heterocycles. The minimum atomic E-state index is -3.88. The van der Waals surface area contributed by atoms with Crippen molar-refractivity contribution in [2.75, 3.05) is 11.8 Å². The van der Waals surface area contributed by atoms with Crippen LogP contribution in [-0.2, 0) is 22.9 Å². The summed E-state index contributed by atoms with van der Waals surface area (Å²) in [5.74, 6) is -1.14. The minimum Gasteiger partial charge on any atom is -0.496 e. The number of anilines is 1. The van der Waals surface area contributed by atoms with Gasteiger partial charge in [-0.15, -0.1) is 0 Å². The highest BCUT2D eigenvalue weighted by atomic mass is 32.2. The van der Waals surface area contributed by atoms with Gasteiger partial charge in [0.25, 0.3) is 10.0 Å². The van der Waals surface area contributed by atoms with Crippen molar-refractivity contribution in [3.63, 3.8) is 0 Å². The Bertz CT molecular complexity index is 905. The molecule has 0 amide bonds. The van der Waals surface area contributed by atoms with Crippen molar-refractivity contribution in [1.29, 1.82) is 0 Å². The molecule has 126 valence electrons. The molecule has 0 unspecified atom stereocenters. The topological polar surface area (TPSA) is 92.7 Å². The van der Waals surface area contributed by atoms with Gasteiger partial charge in [-0.3, -0.25) is 4.72 Å². The van der Waals surface area contributed by atoms with Crippen LogP contribution in [0.1, 0.15) is 27.9 Å².